The molecule has 0 bridgehead atoms. The van der Waals surface area contributed by atoms with E-state index in [0.717, 1.165) is 32.4 Å². The zero-order valence-corrected chi connectivity index (χ0v) is 19.3. The largest absolute Gasteiger partial charge is 0.354 e. The molecule has 2 fully saturated rings. The minimum absolute atomic E-state index is 0.0110. The van der Waals surface area contributed by atoms with Crippen LogP contribution in [0.5, 0.6) is 0 Å². The number of amides is 2. The van der Waals surface area contributed by atoms with Crippen molar-refractivity contribution in [3.05, 3.63) is 70.7 Å². The minimum Gasteiger partial charge on any atom is -0.354 e. The lowest BCUT2D eigenvalue weighted by molar-refractivity contribution is -0.129. The fourth-order valence-electron chi connectivity index (χ4n) is 5.04. The Labute approximate surface area is 195 Å². The van der Waals surface area contributed by atoms with E-state index < -0.39 is 0 Å². The monoisotopic (exact) mass is 453 g/mol. The summed E-state index contributed by atoms with van der Waals surface area (Å²) in [7, 11) is 0. The number of nitrogens with zero attached hydrogens (tertiary/aromatic N) is 2. The third-order valence-corrected chi connectivity index (χ3v) is 6.97. The summed E-state index contributed by atoms with van der Waals surface area (Å²) in [4.78, 5) is 30.3. The Morgan fingerprint density at radius 2 is 1.69 bits per heavy atom. The lowest BCUT2D eigenvalue weighted by Crippen LogP contribution is -2.58. The Hall–Kier alpha value is -2.37. The van der Waals surface area contributed by atoms with Gasteiger partial charge in [0.2, 0.25) is 5.91 Å². The van der Waals surface area contributed by atoms with E-state index in [1.807, 2.05) is 35.2 Å². The molecule has 32 heavy (non-hydrogen) atoms. The van der Waals surface area contributed by atoms with Crippen LogP contribution in [-0.4, -0.2) is 60.4 Å². The van der Waals surface area contributed by atoms with Crippen LogP contribution in [0.1, 0.15) is 41.6 Å². The predicted octanol–water partition coefficient (Wildman–Crippen LogP) is 4.02. The van der Waals surface area contributed by atoms with Gasteiger partial charge in [-0.25, -0.2) is 0 Å². The Kier molecular flexibility index (Phi) is 7.82. The molecule has 1 saturated heterocycles. The van der Waals surface area contributed by atoms with Gasteiger partial charge in [-0.05, 0) is 48.9 Å². The highest BCUT2D eigenvalue weighted by atomic mass is 35.5. The first-order chi connectivity index (χ1) is 15.6. The zero-order chi connectivity index (χ0) is 22.3. The average Bonchev–Trinajstić information content (AvgIpc) is 3.34. The molecule has 2 aromatic carbocycles. The maximum atomic E-state index is 13.2. The molecule has 1 N–H and O–H groups in total. The van der Waals surface area contributed by atoms with Gasteiger partial charge >= 0.3 is 0 Å². The molecular weight excluding hydrogens is 422 g/mol. The second-order valence-electron chi connectivity index (χ2n) is 8.85. The molecule has 2 aliphatic rings. The number of nitrogens with one attached hydrogen (secondary N) is 1. The average molecular weight is 454 g/mol. The summed E-state index contributed by atoms with van der Waals surface area (Å²) in [5, 5.41) is 3.77. The van der Waals surface area contributed by atoms with Crippen molar-refractivity contribution < 1.29 is 9.59 Å². The lowest BCUT2D eigenvalue weighted by atomic mass is 9.94. The zero-order valence-electron chi connectivity index (χ0n) is 18.5. The van der Waals surface area contributed by atoms with E-state index in [4.69, 9.17) is 11.6 Å². The summed E-state index contributed by atoms with van der Waals surface area (Å²) in [6.07, 6.45) is 5.46. The molecular formula is C26H32ClN3O2. The van der Waals surface area contributed by atoms with Gasteiger partial charge in [0.25, 0.3) is 5.91 Å². The summed E-state index contributed by atoms with van der Waals surface area (Å²) in [5.41, 5.74) is 1.86. The van der Waals surface area contributed by atoms with E-state index in [0.29, 0.717) is 36.1 Å². The van der Waals surface area contributed by atoms with E-state index in [1.54, 1.807) is 12.1 Å². The van der Waals surface area contributed by atoms with Gasteiger partial charge in [0, 0.05) is 43.3 Å². The molecule has 5 nitrogen and oxygen atoms in total. The molecule has 0 unspecified atom stereocenters. The molecule has 1 saturated carbocycles. The molecule has 170 valence electrons. The first-order valence-electron chi connectivity index (χ1n) is 11.7. The van der Waals surface area contributed by atoms with Gasteiger partial charge in [-0.1, -0.05) is 60.8 Å². The van der Waals surface area contributed by atoms with Crippen molar-refractivity contribution in [3.63, 3.8) is 0 Å². The standard InChI is InChI=1S/C26H32ClN3O2/c27-23-12-6-11-22(19-23)26(32)30-17-15-29(16-18-30)24(21-9-4-5-10-21)25(31)28-14-13-20-7-2-1-3-8-20/h1-3,6-8,11-12,19,21,24H,4-5,9-10,13-18H2,(H,28,31)/t24-/m1/s1. The number of carbonyl (C=O) groups excluding carboxylic acids is 2. The maximum absolute atomic E-state index is 13.2. The van der Waals surface area contributed by atoms with Gasteiger partial charge in [-0.2, -0.15) is 0 Å². The Morgan fingerprint density at radius 3 is 2.38 bits per heavy atom. The smallest absolute Gasteiger partial charge is 0.253 e. The van der Waals surface area contributed by atoms with Crippen molar-refractivity contribution in [2.75, 3.05) is 32.7 Å². The topological polar surface area (TPSA) is 52.7 Å². The van der Waals surface area contributed by atoms with E-state index in [1.165, 1.54) is 18.4 Å². The second-order valence-corrected chi connectivity index (χ2v) is 9.29. The fraction of sp³-hybridized carbons (Fsp3) is 0.462. The summed E-state index contributed by atoms with van der Waals surface area (Å²) in [6, 6.07) is 17.3. The number of piperazine rings is 1. The summed E-state index contributed by atoms with van der Waals surface area (Å²) in [5.74, 6) is 0.557. The van der Waals surface area contributed by atoms with Gasteiger partial charge < -0.3 is 10.2 Å². The number of carbonyl (C=O) groups is 2. The third-order valence-electron chi connectivity index (χ3n) is 6.74. The molecule has 6 heteroatoms. The van der Waals surface area contributed by atoms with Crippen LogP contribution in [0.25, 0.3) is 0 Å². The maximum Gasteiger partial charge on any atom is 0.253 e. The number of rotatable bonds is 7. The van der Waals surface area contributed by atoms with Crippen LogP contribution in [0.2, 0.25) is 5.02 Å². The number of hydrogen-bond donors (Lipinski definition) is 1. The Balaban J connectivity index is 1.35. The quantitative estimate of drug-likeness (QED) is 0.689. The van der Waals surface area contributed by atoms with Crippen molar-refractivity contribution in [1.29, 1.82) is 0 Å². The molecule has 0 aromatic heterocycles. The van der Waals surface area contributed by atoms with E-state index in [2.05, 4.69) is 22.3 Å². The number of hydrogen-bond acceptors (Lipinski definition) is 3. The number of benzene rings is 2. The first kappa shape index (κ1) is 22.8. The van der Waals surface area contributed by atoms with Crippen LogP contribution in [0.3, 0.4) is 0 Å². The van der Waals surface area contributed by atoms with Gasteiger partial charge in [0.15, 0.2) is 0 Å². The highest BCUT2D eigenvalue weighted by Gasteiger charge is 2.37. The summed E-state index contributed by atoms with van der Waals surface area (Å²) >= 11 is 6.06. The van der Waals surface area contributed by atoms with Crippen LogP contribution in [0, 0.1) is 5.92 Å². The highest BCUT2D eigenvalue weighted by Crippen LogP contribution is 2.31. The second kappa shape index (κ2) is 11.0. The van der Waals surface area contributed by atoms with Crippen molar-refractivity contribution in [2.24, 2.45) is 5.92 Å². The molecule has 0 spiro atoms. The Morgan fingerprint density at radius 1 is 0.969 bits per heavy atom. The number of halogens is 1. The Bertz CT molecular complexity index is 906. The van der Waals surface area contributed by atoms with Crippen molar-refractivity contribution in [1.82, 2.24) is 15.1 Å². The van der Waals surface area contributed by atoms with E-state index in [9.17, 15) is 9.59 Å². The van der Waals surface area contributed by atoms with Crippen molar-refractivity contribution in [3.8, 4) is 0 Å². The SMILES string of the molecule is O=C(NCCc1ccccc1)[C@@H](C1CCCC1)N1CCN(C(=O)c2cccc(Cl)c2)CC1. The van der Waals surface area contributed by atoms with Gasteiger partial charge in [-0.15, -0.1) is 0 Å². The van der Waals surface area contributed by atoms with Crippen molar-refractivity contribution in [2.45, 2.75) is 38.1 Å². The van der Waals surface area contributed by atoms with Gasteiger partial charge in [0.05, 0.1) is 6.04 Å². The fourth-order valence-corrected chi connectivity index (χ4v) is 5.23. The molecule has 1 aliphatic carbocycles. The lowest BCUT2D eigenvalue weighted by Gasteiger charge is -2.40. The van der Waals surface area contributed by atoms with Gasteiger partial charge in [-0.3, -0.25) is 14.5 Å². The molecule has 2 aromatic rings. The third kappa shape index (κ3) is 5.70. The van der Waals surface area contributed by atoms with Crippen molar-refractivity contribution >= 4 is 23.4 Å². The van der Waals surface area contributed by atoms with Crippen LogP contribution in [0.15, 0.2) is 54.6 Å². The van der Waals surface area contributed by atoms with Crippen LogP contribution >= 0.6 is 11.6 Å². The molecule has 1 aliphatic heterocycles. The predicted molar refractivity (Wildman–Crippen MR) is 128 cm³/mol. The molecule has 2 amide bonds. The molecule has 4 rings (SSSR count). The summed E-state index contributed by atoms with van der Waals surface area (Å²) in [6.45, 7) is 3.36. The van der Waals surface area contributed by atoms with Crippen LogP contribution in [-0.2, 0) is 11.2 Å². The summed E-state index contributed by atoms with van der Waals surface area (Å²) < 4.78 is 0. The molecule has 0 radical (unpaired) electrons. The van der Waals surface area contributed by atoms with E-state index in [-0.39, 0.29) is 17.9 Å². The van der Waals surface area contributed by atoms with Gasteiger partial charge in [0.1, 0.15) is 0 Å². The first-order valence-corrected chi connectivity index (χ1v) is 12.1. The van der Waals surface area contributed by atoms with Crippen LogP contribution in [0.4, 0.5) is 0 Å². The van der Waals surface area contributed by atoms with E-state index >= 15 is 0 Å². The minimum atomic E-state index is -0.100. The normalized spacial score (nSPS) is 18.5. The highest BCUT2D eigenvalue weighted by molar-refractivity contribution is 6.30. The molecule has 1 heterocycles. The van der Waals surface area contributed by atoms with Crippen LogP contribution < -0.4 is 5.32 Å². The molecule has 1 atom stereocenters.